The van der Waals surface area contributed by atoms with Gasteiger partial charge in [-0.1, -0.05) is 65.9 Å². The molecule has 1 unspecified atom stereocenters. The molecule has 1 aliphatic rings. The molecular weight excluding hydrogens is 326 g/mol. The lowest BCUT2D eigenvalue weighted by Gasteiger charge is -2.22. The van der Waals surface area contributed by atoms with Crippen molar-refractivity contribution in [1.82, 2.24) is 0 Å². The number of hydrogen-bond donors (Lipinski definition) is 1. The molecule has 0 bridgehead atoms. The predicted molar refractivity (Wildman–Crippen MR) is 103 cm³/mol. The Balaban J connectivity index is 2.00. The van der Waals surface area contributed by atoms with Gasteiger partial charge in [-0.3, -0.25) is 0 Å². The van der Waals surface area contributed by atoms with Gasteiger partial charge in [0.2, 0.25) is 0 Å². The lowest BCUT2D eigenvalue weighted by Crippen LogP contribution is -2.14. The third-order valence-electron chi connectivity index (χ3n) is 4.54. The highest BCUT2D eigenvalue weighted by atomic mass is 16.4. The molecule has 4 nitrogen and oxygen atoms in total. The summed E-state index contributed by atoms with van der Waals surface area (Å²) in [4.78, 5) is 22.0. The number of carbonyl (C=O) groups is 1. The smallest absolute Gasteiger partial charge is 0.335 e. The third kappa shape index (κ3) is 3.70. The lowest BCUT2D eigenvalue weighted by atomic mass is 9.82. The zero-order valence-corrected chi connectivity index (χ0v) is 14.4. The van der Waals surface area contributed by atoms with Crippen LogP contribution in [0.4, 0.5) is 0 Å². The predicted octanol–water partition coefficient (Wildman–Crippen LogP) is 5.12. The first kappa shape index (κ1) is 17.5. The van der Waals surface area contributed by atoms with E-state index in [0.29, 0.717) is 5.56 Å². The van der Waals surface area contributed by atoms with Crippen molar-refractivity contribution in [2.45, 2.75) is 18.9 Å². The Bertz CT molecular complexity index is 926. The van der Waals surface area contributed by atoms with Crippen LogP contribution in [0.25, 0.3) is 5.57 Å². The molecule has 4 heteroatoms. The van der Waals surface area contributed by atoms with E-state index in [4.69, 9.17) is 0 Å². The molecule has 3 rings (SSSR count). The van der Waals surface area contributed by atoms with E-state index in [-0.39, 0.29) is 17.5 Å². The Hall–Kier alpha value is -3.27. The lowest BCUT2D eigenvalue weighted by molar-refractivity contribution is 0.0696. The second-order valence-electron chi connectivity index (χ2n) is 6.47. The molecule has 0 amide bonds. The Kier molecular flexibility index (Phi) is 4.94. The summed E-state index contributed by atoms with van der Waals surface area (Å²) >= 11 is 0. The van der Waals surface area contributed by atoms with E-state index in [1.165, 1.54) is 11.6 Å². The molecular formula is C22H19NO3. The number of rotatable bonds is 5. The van der Waals surface area contributed by atoms with E-state index in [0.717, 1.165) is 11.1 Å². The van der Waals surface area contributed by atoms with Gasteiger partial charge in [0.1, 0.15) is 6.54 Å². The number of aromatic carboxylic acids is 1. The van der Waals surface area contributed by atoms with E-state index in [9.17, 15) is 14.8 Å². The SMILES string of the molecule is CC1(c2ccccc2)C=CC=C(c2cc(CN=O)cc(C(=O)O)c2)C=C1. The first-order valence-corrected chi connectivity index (χ1v) is 8.33. The van der Waals surface area contributed by atoms with Crippen molar-refractivity contribution in [2.75, 3.05) is 0 Å². The van der Waals surface area contributed by atoms with Gasteiger partial charge in [0.25, 0.3) is 0 Å². The maximum Gasteiger partial charge on any atom is 0.335 e. The molecule has 0 radical (unpaired) electrons. The molecule has 130 valence electrons. The highest BCUT2D eigenvalue weighted by Crippen LogP contribution is 2.31. The highest BCUT2D eigenvalue weighted by molar-refractivity contribution is 5.90. The summed E-state index contributed by atoms with van der Waals surface area (Å²) in [5, 5.41) is 12.2. The quantitative estimate of drug-likeness (QED) is 0.765. The minimum atomic E-state index is -1.03. The van der Waals surface area contributed by atoms with Gasteiger partial charge in [-0.05, 0) is 47.4 Å². The fraction of sp³-hybridized carbons (Fsp3) is 0.136. The number of allylic oxidation sites excluding steroid dienone is 6. The van der Waals surface area contributed by atoms with Crippen molar-refractivity contribution >= 4 is 11.5 Å². The number of carboxylic acid groups (broad SMARTS) is 1. The van der Waals surface area contributed by atoms with Gasteiger partial charge in [0, 0.05) is 5.41 Å². The van der Waals surface area contributed by atoms with E-state index >= 15 is 0 Å². The first-order chi connectivity index (χ1) is 12.5. The van der Waals surface area contributed by atoms with Crippen LogP contribution in [0.5, 0.6) is 0 Å². The monoisotopic (exact) mass is 345 g/mol. The van der Waals surface area contributed by atoms with Crippen molar-refractivity contribution in [1.29, 1.82) is 0 Å². The van der Waals surface area contributed by atoms with E-state index < -0.39 is 5.97 Å². The second kappa shape index (κ2) is 7.31. The van der Waals surface area contributed by atoms with Crippen LogP contribution >= 0.6 is 0 Å². The molecule has 1 N–H and O–H groups in total. The van der Waals surface area contributed by atoms with Crippen LogP contribution in [0.1, 0.15) is 34.0 Å². The van der Waals surface area contributed by atoms with Crippen molar-refractivity contribution in [3.05, 3.63) is 106 Å². The number of hydrogen-bond acceptors (Lipinski definition) is 3. The average molecular weight is 345 g/mol. The molecule has 0 spiro atoms. The third-order valence-corrected chi connectivity index (χ3v) is 4.54. The largest absolute Gasteiger partial charge is 0.478 e. The normalized spacial score (nSPS) is 18.9. The summed E-state index contributed by atoms with van der Waals surface area (Å²) in [7, 11) is 0. The van der Waals surface area contributed by atoms with Gasteiger partial charge in [-0.2, -0.15) is 4.91 Å². The number of carboxylic acids is 1. The Labute approximate surface area is 152 Å². The zero-order valence-electron chi connectivity index (χ0n) is 14.4. The summed E-state index contributed by atoms with van der Waals surface area (Å²) < 4.78 is 0. The van der Waals surface area contributed by atoms with Gasteiger partial charge >= 0.3 is 5.97 Å². The number of benzene rings is 2. The molecule has 26 heavy (non-hydrogen) atoms. The molecule has 0 heterocycles. The van der Waals surface area contributed by atoms with E-state index in [1.54, 1.807) is 6.07 Å². The molecule has 0 aromatic heterocycles. The Morgan fingerprint density at radius 1 is 1.12 bits per heavy atom. The summed E-state index contributed by atoms with van der Waals surface area (Å²) in [6.07, 6.45) is 10.1. The minimum Gasteiger partial charge on any atom is -0.478 e. The minimum absolute atomic E-state index is 0.0529. The van der Waals surface area contributed by atoms with Crippen LogP contribution in [0, 0.1) is 4.91 Å². The Morgan fingerprint density at radius 3 is 2.58 bits per heavy atom. The topological polar surface area (TPSA) is 66.7 Å². The number of nitrogens with zero attached hydrogens (tertiary/aromatic N) is 1. The van der Waals surface area contributed by atoms with Gasteiger partial charge in [0.15, 0.2) is 0 Å². The van der Waals surface area contributed by atoms with Gasteiger partial charge in [-0.25, -0.2) is 4.79 Å². The van der Waals surface area contributed by atoms with Crippen LogP contribution in [0.2, 0.25) is 0 Å². The maximum absolute atomic E-state index is 11.4. The van der Waals surface area contributed by atoms with Gasteiger partial charge in [-0.15, -0.1) is 0 Å². The van der Waals surface area contributed by atoms with Crippen LogP contribution in [0.3, 0.4) is 0 Å². The fourth-order valence-electron chi connectivity index (χ4n) is 3.06. The molecule has 1 aliphatic carbocycles. The zero-order chi connectivity index (χ0) is 18.6. The molecule has 2 aromatic carbocycles. The Morgan fingerprint density at radius 2 is 1.88 bits per heavy atom. The standard InChI is InChI=1S/C22H19NO3/c1-22(20-7-3-2-4-8-20)10-5-6-17(9-11-22)18-12-16(15-23-26)13-19(14-18)21(24)25/h2-14H,15H2,1H3,(H,24,25). The number of nitroso groups, excluding NO2 is 1. The van der Waals surface area contributed by atoms with Crippen LogP contribution in [-0.2, 0) is 12.0 Å². The maximum atomic E-state index is 11.4. The molecule has 1 atom stereocenters. The van der Waals surface area contributed by atoms with Crippen LogP contribution in [-0.4, -0.2) is 11.1 Å². The van der Waals surface area contributed by atoms with Crippen molar-refractivity contribution in [2.24, 2.45) is 5.18 Å². The van der Waals surface area contributed by atoms with E-state index in [2.05, 4.69) is 36.4 Å². The first-order valence-electron chi connectivity index (χ1n) is 8.33. The van der Waals surface area contributed by atoms with Gasteiger partial charge < -0.3 is 5.11 Å². The van der Waals surface area contributed by atoms with Crippen molar-refractivity contribution in [3.8, 4) is 0 Å². The van der Waals surface area contributed by atoms with E-state index in [1.807, 2.05) is 42.5 Å². The molecule has 2 aromatic rings. The van der Waals surface area contributed by atoms with Gasteiger partial charge in [0.05, 0.1) is 5.56 Å². The van der Waals surface area contributed by atoms with Crippen molar-refractivity contribution < 1.29 is 9.90 Å². The molecule has 0 aliphatic heterocycles. The van der Waals surface area contributed by atoms with Crippen molar-refractivity contribution in [3.63, 3.8) is 0 Å². The highest BCUT2D eigenvalue weighted by Gasteiger charge is 2.21. The summed E-state index contributed by atoms with van der Waals surface area (Å²) in [5.41, 5.74) is 3.29. The summed E-state index contributed by atoms with van der Waals surface area (Å²) in [6, 6.07) is 15.1. The van der Waals surface area contributed by atoms with Crippen LogP contribution in [0.15, 0.2) is 84.1 Å². The molecule has 0 fully saturated rings. The average Bonchev–Trinajstić information content (AvgIpc) is 2.85. The summed E-state index contributed by atoms with van der Waals surface area (Å²) in [6.45, 7) is 2.07. The summed E-state index contributed by atoms with van der Waals surface area (Å²) in [5.74, 6) is -1.03. The molecule has 0 saturated heterocycles. The second-order valence-corrected chi connectivity index (χ2v) is 6.47. The molecule has 0 saturated carbocycles. The van der Waals surface area contributed by atoms with Crippen LogP contribution < -0.4 is 0 Å². The fourth-order valence-corrected chi connectivity index (χ4v) is 3.06.